The average Bonchev–Trinajstić information content (AvgIpc) is 2.99. The Morgan fingerprint density at radius 2 is 2.05 bits per heavy atom. The monoisotopic (exact) mass is 319 g/mol. The highest BCUT2D eigenvalue weighted by Crippen LogP contribution is 2.45. The molecule has 3 rings (SSSR count). The molecule has 11 heteroatoms. The molecular formula is C11H12F3N5O3. The zero-order chi connectivity index (χ0) is 16.1. The van der Waals surface area contributed by atoms with Crippen molar-refractivity contribution in [2.24, 2.45) is 5.92 Å². The summed E-state index contributed by atoms with van der Waals surface area (Å²) in [4.78, 5) is 11.4. The van der Waals surface area contributed by atoms with Crippen molar-refractivity contribution < 1.29 is 28.1 Å². The Morgan fingerprint density at radius 1 is 1.32 bits per heavy atom. The van der Waals surface area contributed by atoms with Crippen LogP contribution in [0.3, 0.4) is 0 Å². The van der Waals surface area contributed by atoms with Gasteiger partial charge in [-0.2, -0.15) is 13.2 Å². The molecule has 22 heavy (non-hydrogen) atoms. The molecule has 4 atom stereocenters. The van der Waals surface area contributed by atoms with Crippen molar-refractivity contribution in [3.05, 3.63) is 12.7 Å². The summed E-state index contributed by atoms with van der Waals surface area (Å²) in [7, 11) is 0. The molecule has 0 aliphatic carbocycles. The Bertz CT molecular complexity index is 691. The molecule has 0 saturated carbocycles. The molecule has 0 unspecified atom stereocenters. The Kier molecular flexibility index (Phi) is 3.42. The maximum atomic E-state index is 13.2. The summed E-state index contributed by atoms with van der Waals surface area (Å²) in [5.74, 6) is -2.21. The van der Waals surface area contributed by atoms with Gasteiger partial charge < -0.3 is 20.7 Å². The SMILES string of the molecule is Nc1ncnc2c1ncn2[C@@H]1O[C@H](CO)[C@@H](O)[C@H]1C(F)(F)F. The number of nitrogen functional groups attached to an aromatic ring is 1. The van der Waals surface area contributed by atoms with E-state index in [9.17, 15) is 18.3 Å². The Balaban J connectivity index is 2.09. The first-order chi connectivity index (χ1) is 10.3. The standard InChI is InChI=1S/C11H12F3N5O3/c12-11(13,14)5-7(21)4(1-20)22-10(5)19-3-18-6-8(15)16-2-17-9(6)19/h2-5,7,10,20-21H,1H2,(H2,15,16,17)/t4-,5-,7-,10-/m1/s1. The van der Waals surface area contributed by atoms with Gasteiger partial charge in [-0.25, -0.2) is 15.0 Å². The highest BCUT2D eigenvalue weighted by molar-refractivity contribution is 5.81. The number of aliphatic hydroxyl groups excluding tert-OH is 2. The number of halogens is 3. The van der Waals surface area contributed by atoms with E-state index in [2.05, 4.69) is 15.0 Å². The number of rotatable bonds is 2. The van der Waals surface area contributed by atoms with E-state index in [4.69, 9.17) is 15.6 Å². The molecular weight excluding hydrogens is 307 g/mol. The predicted octanol–water partition coefficient (Wildman–Crippen LogP) is -0.162. The summed E-state index contributed by atoms with van der Waals surface area (Å²) in [5, 5.41) is 18.9. The lowest BCUT2D eigenvalue weighted by Crippen LogP contribution is -2.38. The molecule has 3 heterocycles. The summed E-state index contributed by atoms with van der Waals surface area (Å²) < 4.78 is 45.9. The van der Waals surface area contributed by atoms with Gasteiger partial charge in [0.1, 0.15) is 23.9 Å². The van der Waals surface area contributed by atoms with Crippen LogP contribution in [0.15, 0.2) is 12.7 Å². The molecule has 2 aromatic rings. The minimum atomic E-state index is -4.73. The molecule has 1 aliphatic rings. The van der Waals surface area contributed by atoms with Crippen LogP contribution in [0.4, 0.5) is 19.0 Å². The van der Waals surface area contributed by atoms with Gasteiger partial charge in [0, 0.05) is 0 Å². The molecule has 120 valence electrons. The first-order valence-corrected chi connectivity index (χ1v) is 6.28. The maximum absolute atomic E-state index is 13.2. The predicted molar refractivity (Wildman–Crippen MR) is 66.3 cm³/mol. The van der Waals surface area contributed by atoms with Crippen LogP contribution in [0.2, 0.25) is 0 Å². The third kappa shape index (κ3) is 2.17. The van der Waals surface area contributed by atoms with Crippen molar-refractivity contribution in [1.29, 1.82) is 0 Å². The zero-order valence-electron chi connectivity index (χ0n) is 11.0. The van der Waals surface area contributed by atoms with Crippen molar-refractivity contribution in [3.63, 3.8) is 0 Å². The minimum Gasteiger partial charge on any atom is -0.394 e. The van der Waals surface area contributed by atoms with Crippen LogP contribution >= 0.6 is 0 Å². The molecule has 1 aliphatic heterocycles. The highest BCUT2D eigenvalue weighted by Gasteiger charge is 2.58. The van der Waals surface area contributed by atoms with Crippen LogP contribution in [0.25, 0.3) is 11.2 Å². The topological polar surface area (TPSA) is 119 Å². The van der Waals surface area contributed by atoms with Crippen LogP contribution < -0.4 is 5.73 Å². The van der Waals surface area contributed by atoms with E-state index in [0.29, 0.717) is 0 Å². The van der Waals surface area contributed by atoms with E-state index in [1.54, 1.807) is 0 Å². The smallest absolute Gasteiger partial charge is 0.394 e. The average molecular weight is 319 g/mol. The van der Waals surface area contributed by atoms with E-state index >= 15 is 0 Å². The molecule has 1 saturated heterocycles. The van der Waals surface area contributed by atoms with Crippen molar-refractivity contribution in [2.45, 2.75) is 24.6 Å². The number of nitrogens with zero attached hydrogens (tertiary/aromatic N) is 4. The van der Waals surface area contributed by atoms with Crippen molar-refractivity contribution >= 4 is 17.0 Å². The number of nitrogens with two attached hydrogens (primary N) is 1. The first-order valence-electron chi connectivity index (χ1n) is 6.28. The molecule has 2 aromatic heterocycles. The van der Waals surface area contributed by atoms with E-state index < -0.39 is 37.1 Å². The molecule has 1 fully saturated rings. The number of hydrogen-bond acceptors (Lipinski definition) is 7. The lowest BCUT2D eigenvalue weighted by Gasteiger charge is -2.23. The highest BCUT2D eigenvalue weighted by atomic mass is 19.4. The number of anilines is 1. The molecule has 0 radical (unpaired) electrons. The largest absolute Gasteiger partial charge is 0.398 e. The van der Waals surface area contributed by atoms with Crippen LogP contribution in [-0.2, 0) is 4.74 Å². The molecule has 0 bridgehead atoms. The second-order valence-electron chi connectivity index (χ2n) is 4.89. The molecule has 0 amide bonds. The zero-order valence-corrected chi connectivity index (χ0v) is 11.0. The van der Waals surface area contributed by atoms with E-state index in [-0.39, 0.29) is 17.0 Å². The number of hydrogen-bond donors (Lipinski definition) is 3. The number of fused-ring (bicyclic) bond motifs is 1. The number of aliphatic hydroxyl groups is 2. The van der Waals surface area contributed by atoms with E-state index in [1.807, 2.05) is 0 Å². The van der Waals surface area contributed by atoms with Gasteiger partial charge in [0.2, 0.25) is 0 Å². The van der Waals surface area contributed by atoms with Gasteiger partial charge in [-0.05, 0) is 0 Å². The molecule has 0 spiro atoms. The second kappa shape index (κ2) is 5.04. The van der Waals surface area contributed by atoms with Gasteiger partial charge in [0.25, 0.3) is 0 Å². The van der Waals surface area contributed by atoms with Crippen LogP contribution in [0, 0.1) is 5.92 Å². The maximum Gasteiger partial charge on any atom is 0.398 e. The van der Waals surface area contributed by atoms with Crippen LogP contribution in [-0.4, -0.2) is 54.7 Å². The van der Waals surface area contributed by atoms with Crippen molar-refractivity contribution in [1.82, 2.24) is 19.5 Å². The third-order valence-corrected chi connectivity index (χ3v) is 3.59. The minimum absolute atomic E-state index is 0.0181. The Hall–Kier alpha value is -1.98. The Labute approximate surface area is 121 Å². The molecule has 0 aromatic carbocycles. The number of ether oxygens (including phenoxy) is 1. The van der Waals surface area contributed by atoms with Crippen molar-refractivity contribution in [2.75, 3.05) is 12.3 Å². The van der Waals surface area contributed by atoms with Crippen LogP contribution in [0.5, 0.6) is 0 Å². The summed E-state index contributed by atoms with van der Waals surface area (Å²) in [6, 6.07) is 0. The quantitative estimate of drug-likeness (QED) is 0.703. The fourth-order valence-electron chi connectivity index (χ4n) is 2.55. The molecule has 8 nitrogen and oxygen atoms in total. The normalized spacial score (nSPS) is 29.3. The van der Waals surface area contributed by atoms with E-state index in [1.165, 1.54) is 0 Å². The van der Waals surface area contributed by atoms with E-state index in [0.717, 1.165) is 17.2 Å². The first kappa shape index (κ1) is 14.9. The van der Waals surface area contributed by atoms with Gasteiger partial charge in [0.15, 0.2) is 17.7 Å². The summed E-state index contributed by atoms with van der Waals surface area (Å²) in [5.41, 5.74) is 5.78. The van der Waals surface area contributed by atoms with Crippen LogP contribution in [0.1, 0.15) is 6.23 Å². The fourth-order valence-corrected chi connectivity index (χ4v) is 2.55. The van der Waals surface area contributed by atoms with Crippen molar-refractivity contribution in [3.8, 4) is 0 Å². The number of aromatic nitrogens is 4. The van der Waals surface area contributed by atoms with Gasteiger partial charge in [-0.3, -0.25) is 4.57 Å². The lowest BCUT2D eigenvalue weighted by atomic mass is 9.99. The number of imidazole rings is 1. The Morgan fingerprint density at radius 3 is 2.68 bits per heavy atom. The van der Waals surface area contributed by atoms with Gasteiger partial charge >= 0.3 is 6.18 Å². The lowest BCUT2D eigenvalue weighted by molar-refractivity contribution is -0.210. The summed E-state index contributed by atoms with van der Waals surface area (Å²) in [6.07, 6.45) is -7.41. The number of alkyl halides is 3. The van der Waals surface area contributed by atoms with Gasteiger partial charge in [-0.1, -0.05) is 0 Å². The third-order valence-electron chi connectivity index (χ3n) is 3.59. The summed E-state index contributed by atoms with van der Waals surface area (Å²) >= 11 is 0. The van der Waals surface area contributed by atoms with Gasteiger partial charge in [-0.15, -0.1) is 0 Å². The molecule has 4 N–H and O–H groups in total. The fraction of sp³-hybridized carbons (Fsp3) is 0.545. The summed E-state index contributed by atoms with van der Waals surface area (Å²) in [6.45, 7) is -0.742. The second-order valence-corrected chi connectivity index (χ2v) is 4.89. The van der Waals surface area contributed by atoms with Gasteiger partial charge in [0.05, 0.1) is 19.0 Å².